The number of benzene rings is 1. The molecule has 0 radical (unpaired) electrons. The fourth-order valence-corrected chi connectivity index (χ4v) is 1.95. The van der Waals surface area contributed by atoms with Crippen molar-refractivity contribution in [1.29, 1.82) is 0 Å². The average molecular weight is 257 g/mol. The Morgan fingerprint density at radius 3 is 2.53 bits per heavy atom. The summed E-state index contributed by atoms with van der Waals surface area (Å²) in [6.07, 6.45) is 0. The first-order chi connectivity index (χ1) is 9.24. The highest BCUT2D eigenvalue weighted by Crippen LogP contribution is 2.25. The molecule has 100 valence electrons. The van der Waals surface area contributed by atoms with E-state index in [1.807, 2.05) is 24.3 Å². The van der Waals surface area contributed by atoms with E-state index < -0.39 is 0 Å². The maximum absolute atomic E-state index is 6.01. The van der Waals surface area contributed by atoms with Gasteiger partial charge in [-0.05, 0) is 18.6 Å². The van der Waals surface area contributed by atoms with Crippen LogP contribution >= 0.6 is 0 Å². The topological polar surface area (TPSA) is 51.4 Å². The third kappa shape index (κ3) is 3.16. The van der Waals surface area contributed by atoms with Gasteiger partial charge in [0.25, 0.3) is 0 Å². The molecule has 0 bridgehead atoms. The Morgan fingerprint density at radius 1 is 1.16 bits per heavy atom. The Labute approximate surface area is 113 Å². The second kappa shape index (κ2) is 6.09. The Hall–Kier alpha value is -2.23. The number of hydrogen-bond donors (Lipinski definition) is 1. The normalized spacial score (nSPS) is 10.2. The smallest absolute Gasteiger partial charge is 0.215 e. The van der Waals surface area contributed by atoms with Crippen molar-refractivity contribution in [1.82, 2.24) is 4.98 Å². The number of nitrogens with zero attached hydrogens (tertiary/aromatic N) is 2. The van der Waals surface area contributed by atoms with Gasteiger partial charge >= 0.3 is 0 Å². The third-order valence-corrected chi connectivity index (χ3v) is 2.99. The van der Waals surface area contributed by atoms with Crippen LogP contribution in [-0.2, 0) is 6.54 Å². The van der Waals surface area contributed by atoms with Crippen LogP contribution in [0, 0.1) is 0 Å². The monoisotopic (exact) mass is 257 g/mol. The van der Waals surface area contributed by atoms with E-state index in [4.69, 9.17) is 10.5 Å². The predicted molar refractivity (Wildman–Crippen MR) is 78.4 cm³/mol. The molecule has 19 heavy (non-hydrogen) atoms. The highest BCUT2D eigenvalue weighted by Gasteiger charge is 2.11. The number of ether oxygens (including phenoxy) is 1. The molecular weight excluding hydrogens is 238 g/mol. The molecule has 1 heterocycles. The number of nitrogens with two attached hydrogens (primary N) is 1. The van der Waals surface area contributed by atoms with Gasteiger partial charge in [-0.2, -0.15) is 4.98 Å². The molecule has 0 aliphatic rings. The molecule has 1 aromatic heterocycles. The Balaban J connectivity index is 2.26. The first-order valence-corrected chi connectivity index (χ1v) is 6.34. The van der Waals surface area contributed by atoms with Gasteiger partial charge in [-0.25, -0.2) is 0 Å². The molecule has 4 heteroatoms. The molecule has 2 rings (SSSR count). The van der Waals surface area contributed by atoms with Gasteiger partial charge in [-0.15, -0.1) is 0 Å². The Morgan fingerprint density at radius 2 is 1.89 bits per heavy atom. The van der Waals surface area contributed by atoms with Crippen molar-refractivity contribution < 1.29 is 4.74 Å². The lowest BCUT2D eigenvalue weighted by Gasteiger charge is -2.23. The molecular formula is C15H19N3O. The van der Waals surface area contributed by atoms with E-state index in [0.29, 0.717) is 11.6 Å². The first kappa shape index (κ1) is 13.2. The summed E-state index contributed by atoms with van der Waals surface area (Å²) in [5.41, 5.74) is 7.91. The fraction of sp³-hybridized carbons (Fsp3) is 0.267. The molecule has 0 saturated carbocycles. The lowest BCUT2D eigenvalue weighted by atomic mass is 10.2. The van der Waals surface area contributed by atoms with E-state index in [-0.39, 0.29) is 0 Å². The van der Waals surface area contributed by atoms with Gasteiger partial charge in [0.15, 0.2) is 5.82 Å². The number of hydrogen-bond acceptors (Lipinski definition) is 4. The fourth-order valence-electron chi connectivity index (χ4n) is 1.95. The molecule has 0 saturated heterocycles. The molecule has 0 unspecified atom stereocenters. The Kier molecular flexibility index (Phi) is 4.23. The van der Waals surface area contributed by atoms with Gasteiger partial charge in [0.1, 0.15) is 0 Å². The predicted octanol–water partition coefficient (Wildman–Crippen LogP) is 2.70. The number of pyridine rings is 1. The van der Waals surface area contributed by atoms with Gasteiger partial charge in [-0.1, -0.05) is 30.3 Å². The van der Waals surface area contributed by atoms with Crippen LogP contribution in [0.4, 0.5) is 11.5 Å². The zero-order valence-corrected chi connectivity index (χ0v) is 11.3. The van der Waals surface area contributed by atoms with Crippen molar-refractivity contribution in [2.24, 2.45) is 0 Å². The van der Waals surface area contributed by atoms with Gasteiger partial charge in [-0.3, -0.25) is 0 Å². The summed E-state index contributed by atoms with van der Waals surface area (Å²) in [6.45, 7) is 3.70. The van der Waals surface area contributed by atoms with Crippen LogP contribution in [0.25, 0.3) is 0 Å². The van der Waals surface area contributed by atoms with Crippen LogP contribution in [0.15, 0.2) is 42.5 Å². The van der Waals surface area contributed by atoms with Crippen molar-refractivity contribution in [3.05, 3.63) is 48.0 Å². The molecule has 0 fully saturated rings. The summed E-state index contributed by atoms with van der Waals surface area (Å²) in [4.78, 5) is 6.57. The van der Waals surface area contributed by atoms with Gasteiger partial charge in [0.2, 0.25) is 5.88 Å². The van der Waals surface area contributed by atoms with E-state index in [1.165, 1.54) is 5.56 Å². The second-order valence-corrected chi connectivity index (χ2v) is 4.27. The Bertz CT molecular complexity index is 528. The summed E-state index contributed by atoms with van der Waals surface area (Å²) in [5, 5.41) is 0. The largest absolute Gasteiger partial charge is 0.481 e. The molecule has 2 aromatic rings. The molecule has 4 nitrogen and oxygen atoms in total. The maximum Gasteiger partial charge on any atom is 0.215 e. The summed E-state index contributed by atoms with van der Waals surface area (Å²) in [6, 6.07) is 13.9. The van der Waals surface area contributed by atoms with Gasteiger partial charge in [0.05, 0.1) is 12.8 Å². The molecule has 0 amide bonds. The van der Waals surface area contributed by atoms with Crippen LogP contribution in [0.5, 0.6) is 5.88 Å². The lowest BCUT2D eigenvalue weighted by Crippen LogP contribution is -2.24. The van der Waals surface area contributed by atoms with Crippen LogP contribution in [0.1, 0.15) is 12.5 Å². The zero-order chi connectivity index (χ0) is 13.7. The summed E-state index contributed by atoms with van der Waals surface area (Å²) < 4.78 is 5.16. The minimum absolute atomic E-state index is 0.579. The van der Waals surface area contributed by atoms with Crippen LogP contribution in [0.2, 0.25) is 0 Å². The number of aromatic nitrogens is 1. The van der Waals surface area contributed by atoms with Crippen molar-refractivity contribution in [3.63, 3.8) is 0 Å². The van der Waals surface area contributed by atoms with Crippen LogP contribution in [-0.4, -0.2) is 18.6 Å². The number of anilines is 2. The minimum Gasteiger partial charge on any atom is -0.481 e. The third-order valence-electron chi connectivity index (χ3n) is 2.99. The van der Waals surface area contributed by atoms with Gasteiger partial charge in [0, 0.05) is 19.2 Å². The SMILES string of the molecule is CCN(Cc1ccccc1)c1nc(OC)ccc1N. The van der Waals surface area contributed by atoms with E-state index in [1.54, 1.807) is 13.2 Å². The van der Waals surface area contributed by atoms with Crippen molar-refractivity contribution >= 4 is 11.5 Å². The van der Waals surface area contributed by atoms with E-state index in [2.05, 4.69) is 28.9 Å². The number of nitrogen functional groups attached to an aromatic ring is 1. The average Bonchev–Trinajstić information content (AvgIpc) is 2.47. The molecule has 1 aromatic carbocycles. The molecule has 0 spiro atoms. The van der Waals surface area contributed by atoms with Crippen molar-refractivity contribution in [2.75, 3.05) is 24.3 Å². The van der Waals surface area contributed by atoms with Crippen molar-refractivity contribution in [3.8, 4) is 5.88 Å². The second-order valence-electron chi connectivity index (χ2n) is 4.27. The quantitative estimate of drug-likeness (QED) is 0.894. The van der Waals surface area contributed by atoms with E-state index >= 15 is 0 Å². The number of methoxy groups -OCH3 is 1. The maximum atomic E-state index is 6.01. The lowest BCUT2D eigenvalue weighted by molar-refractivity contribution is 0.398. The summed E-state index contributed by atoms with van der Waals surface area (Å²) >= 11 is 0. The summed E-state index contributed by atoms with van der Waals surface area (Å²) in [5.74, 6) is 1.35. The van der Waals surface area contributed by atoms with E-state index in [0.717, 1.165) is 18.9 Å². The molecule has 0 atom stereocenters. The van der Waals surface area contributed by atoms with E-state index in [9.17, 15) is 0 Å². The summed E-state index contributed by atoms with van der Waals surface area (Å²) in [7, 11) is 1.61. The highest BCUT2D eigenvalue weighted by atomic mass is 16.5. The van der Waals surface area contributed by atoms with Crippen LogP contribution < -0.4 is 15.4 Å². The molecule has 0 aliphatic heterocycles. The van der Waals surface area contributed by atoms with Crippen LogP contribution in [0.3, 0.4) is 0 Å². The molecule has 0 aliphatic carbocycles. The number of rotatable bonds is 5. The van der Waals surface area contributed by atoms with Gasteiger partial charge < -0.3 is 15.4 Å². The van der Waals surface area contributed by atoms with Crippen molar-refractivity contribution in [2.45, 2.75) is 13.5 Å². The first-order valence-electron chi connectivity index (χ1n) is 6.34. The molecule has 2 N–H and O–H groups in total. The zero-order valence-electron chi connectivity index (χ0n) is 11.3. The standard InChI is InChI=1S/C15H19N3O/c1-3-18(11-12-7-5-4-6-8-12)15-13(16)9-10-14(17-15)19-2/h4-10H,3,11,16H2,1-2H3. The minimum atomic E-state index is 0.579. The highest BCUT2D eigenvalue weighted by molar-refractivity contribution is 5.63.